The van der Waals surface area contributed by atoms with Crippen molar-refractivity contribution in [3.8, 4) is 5.75 Å². The molecule has 1 aromatic rings. The van der Waals surface area contributed by atoms with E-state index in [1.807, 2.05) is 12.9 Å². The first-order valence-corrected chi connectivity index (χ1v) is 7.36. The van der Waals surface area contributed by atoms with Crippen molar-refractivity contribution in [3.05, 3.63) is 43.0 Å². The first-order valence-electron chi connectivity index (χ1n) is 5.43. The van der Waals surface area contributed by atoms with Crippen LogP contribution in [0.2, 0.25) is 6.04 Å². The number of phenols is 1. The predicted octanol–water partition coefficient (Wildman–Crippen LogP) is 2.26. The molecule has 1 aromatic carbocycles. The molecule has 0 saturated carbocycles. The standard InChI is InChI=1S/C6H14O3Si.C6H6O.CH2O/c1-5-6-10(7-2,8-3)9-4;7-6-4-2-1-3-5-6;1-2/h5H,1,6H2,2-4H3;1-5,7H;1H2. The molecule has 1 rings (SSSR count). The third-order valence-corrected chi connectivity index (χ3v) is 4.74. The fourth-order valence-electron chi connectivity index (χ4n) is 1.10. The molecule has 0 amide bonds. The van der Waals surface area contributed by atoms with Crippen molar-refractivity contribution >= 4 is 15.6 Å². The predicted molar refractivity (Wildman–Crippen MR) is 77.0 cm³/mol. The van der Waals surface area contributed by atoms with Gasteiger partial charge in [-0.2, -0.15) is 0 Å². The number of aromatic hydroxyl groups is 1. The summed E-state index contributed by atoms with van der Waals surface area (Å²) >= 11 is 0. The van der Waals surface area contributed by atoms with Gasteiger partial charge in [0.25, 0.3) is 0 Å². The number of rotatable bonds is 5. The molecule has 0 bridgehead atoms. The highest BCUT2D eigenvalue weighted by atomic mass is 28.4. The van der Waals surface area contributed by atoms with Crippen LogP contribution < -0.4 is 0 Å². The molecule has 0 aliphatic heterocycles. The molecule has 108 valence electrons. The number of para-hydroxylation sites is 1. The Balaban J connectivity index is 0. The first kappa shape index (κ1) is 19.9. The van der Waals surface area contributed by atoms with Crippen molar-refractivity contribution in [2.75, 3.05) is 21.3 Å². The van der Waals surface area contributed by atoms with E-state index < -0.39 is 8.80 Å². The molecule has 0 fully saturated rings. The Morgan fingerprint density at radius 2 is 1.53 bits per heavy atom. The highest BCUT2D eigenvalue weighted by Crippen LogP contribution is 2.11. The largest absolute Gasteiger partial charge is 0.508 e. The Bertz CT molecular complexity index is 306. The van der Waals surface area contributed by atoms with E-state index in [4.69, 9.17) is 23.2 Å². The zero-order chi connectivity index (χ0) is 15.1. The van der Waals surface area contributed by atoms with Crippen molar-refractivity contribution in [1.82, 2.24) is 0 Å². The average Bonchev–Trinajstić information content (AvgIpc) is 2.49. The quantitative estimate of drug-likeness (QED) is 0.664. The Hall–Kier alpha value is -1.47. The number of phenolic OH excluding ortho intramolecular Hbond substituents is 1. The second-order valence-electron chi connectivity index (χ2n) is 3.12. The summed E-state index contributed by atoms with van der Waals surface area (Å²) in [6.07, 6.45) is 1.74. The van der Waals surface area contributed by atoms with Gasteiger partial charge >= 0.3 is 8.80 Å². The molecule has 0 unspecified atom stereocenters. The maximum atomic E-state index is 8.63. The lowest BCUT2D eigenvalue weighted by atomic mass is 10.3. The number of carbonyl (C=O) groups is 1. The monoisotopic (exact) mass is 286 g/mol. The summed E-state index contributed by atoms with van der Waals surface area (Å²) in [7, 11) is 2.42. The highest BCUT2D eigenvalue weighted by Gasteiger charge is 2.35. The SMILES string of the molecule is C=CC[Si](OC)(OC)OC.C=O.Oc1ccccc1. The number of allylic oxidation sites excluding steroid dienone is 1. The smallest absolute Gasteiger partial charge is 0.504 e. The summed E-state index contributed by atoms with van der Waals surface area (Å²) in [6.45, 7) is 5.58. The van der Waals surface area contributed by atoms with E-state index in [0.717, 1.165) is 0 Å². The van der Waals surface area contributed by atoms with Crippen molar-refractivity contribution in [3.63, 3.8) is 0 Å². The van der Waals surface area contributed by atoms with Gasteiger partial charge in [0.1, 0.15) is 12.5 Å². The molecule has 0 atom stereocenters. The van der Waals surface area contributed by atoms with Crippen LogP contribution in [-0.4, -0.2) is 42.0 Å². The van der Waals surface area contributed by atoms with Gasteiger partial charge in [-0.15, -0.1) is 6.58 Å². The van der Waals surface area contributed by atoms with Crippen LogP contribution in [0, 0.1) is 0 Å². The zero-order valence-electron chi connectivity index (χ0n) is 11.7. The van der Waals surface area contributed by atoms with E-state index in [1.165, 1.54) is 0 Å². The summed E-state index contributed by atoms with van der Waals surface area (Å²) in [4.78, 5) is 8.00. The summed E-state index contributed by atoms with van der Waals surface area (Å²) in [5, 5.41) is 8.63. The van der Waals surface area contributed by atoms with E-state index in [2.05, 4.69) is 6.58 Å². The summed E-state index contributed by atoms with van der Waals surface area (Å²) in [5.41, 5.74) is 0. The van der Waals surface area contributed by atoms with Crippen LogP contribution in [0.4, 0.5) is 0 Å². The van der Waals surface area contributed by atoms with Crippen LogP contribution in [0.1, 0.15) is 0 Å². The van der Waals surface area contributed by atoms with Crippen LogP contribution in [0.5, 0.6) is 5.75 Å². The fraction of sp³-hybridized carbons (Fsp3) is 0.308. The Morgan fingerprint density at radius 3 is 1.68 bits per heavy atom. The molecule has 0 aliphatic carbocycles. The summed E-state index contributed by atoms with van der Waals surface area (Å²) < 4.78 is 15.3. The topological polar surface area (TPSA) is 65.0 Å². The molecule has 0 spiro atoms. The van der Waals surface area contributed by atoms with E-state index >= 15 is 0 Å². The maximum Gasteiger partial charge on any atom is 0.504 e. The minimum Gasteiger partial charge on any atom is -0.508 e. The lowest BCUT2D eigenvalue weighted by Gasteiger charge is -2.22. The van der Waals surface area contributed by atoms with Gasteiger partial charge in [0.2, 0.25) is 0 Å². The lowest BCUT2D eigenvalue weighted by molar-refractivity contribution is -0.0979. The van der Waals surface area contributed by atoms with Crippen molar-refractivity contribution < 1.29 is 23.2 Å². The molecule has 1 N–H and O–H groups in total. The third-order valence-electron chi connectivity index (χ3n) is 2.08. The second-order valence-corrected chi connectivity index (χ2v) is 6.12. The molecule has 0 saturated heterocycles. The van der Waals surface area contributed by atoms with Gasteiger partial charge in [0.15, 0.2) is 0 Å². The molecule has 19 heavy (non-hydrogen) atoms. The maximum absolute atomic E-state index is 8.63. The van der Waals surface area contributed by atoms with Crippen molar-refractivity contribution in [2.24, 2.45) is 0 Å². The molecule has 0 radical (unpaired) electrons. The normalized spacial score (nSPS) is 9.42. The lowest BCUT2D eigenvalue weighted by Crippen LogP contribution is -2.41. The summed E-state index contributed by atoms with van der Waals surface area (Å²) in [5.74, 6) is 0.322. The van der Waals surface area contributed by atoms with Gasteiger partial charge in [-0.25, -0.2) is 0 Å². The van der Waals surface area contributed by atoms with Gasteiger partial charge in [0, 0.05) is 27.4 Å². The Morgan fingerprint density at radius 1 is 1.11 bits per heavy atom. The van der Waals surface area contributed by atoms with E-state index in [-0.39, 0.29) is 0 Å². The minimum atomic E-state index is -2.34. The van der Waals surface area contributed by atoms with E-state index in [9.17, 15) is 0 Å². The average molecular weight is 286 g/mol. The van der Waals surface area contributed by atoms with Gasteiger partial charge in [-0.3, -0.25) is 0 Å². The van der Waals surface area contributed by atoms with Gasteiger partial charge in [0.05, 0.1) is 0 Å². The number of hydrogen-bond donors (Lipinski definition) is 1. The zero-order valence-corrected chi connectivity index (χ0v) is 12.7. The fourth-order valence-corrected chi connectivity index (χ4v) is 2.46. The Labute approximate surface area is 115 Å². The molecular weight excluding hydrogens is 264 g/mol. The summed E-state index contributed by atoms with van der Waals surface area (Å²) in [6, 6.07) is 9.36. The highest BCUT2D eigenvalue weighted by molar-refractivity contribution is 6.61. The van der Waals surface area contributed by atoms with Crippen LogP contribution in [0.15, 0.2) is 43.0 Å². The van der Waals surface area contributed by atoms with Gasteiger partial charge < -0.3 is 23.2 Å². The number of benzene rings is 1. The molecule has 0 heterocycles. The van der Waals surface area contributed by atoms with E-state index in [1.54, 1.807) is 51.7 Å². The van der Waals surface area contributed by atoms with E-state index in [0.29, 0.717) is 11.8 Å². The molecule has 5 nitrogen and oxygen atoms in total. The van der Waals surface area contributed by atoms with Crippen LogP contribution in [0.25, 0.3) is 0 Å². The molecule has 6 heteroatoms. The first-order chi connectivity index (χ1) is 9.14. The van der Waals surface area contributed by atoms with Crippen molar-refractivity contribution in [2.45, 2.75) is 6.04 Å². The number of carbonyl (C=O) groups excluding carboxylic acids is 1. The second kappa shape index (κ2) is 13.0. The van der Waals surface area contributed by atoms with Gasteiger partial charge in [-0.1, -0.05) is 24.3 Å². The number of hydrogen-bond acceptors (Lipinski definition) is 5. The molecule has 0 aliphatic rings. The van der Waals surface area contributed by atoms with Crippen LogP contribution in [0.3, 0.4) is 0 Å². The van der Waals surface area contributed by atoms with Crippen molar-refractivity contribution in [1.29, 1.82) is 0 Å². The van der Waals surface area contributed by atoms with Crippen LogP contribution >= 0.6 is 0 Å². The van der Waals surface area contributed by atoms with Gasteiger partial charge in [-0.05, 0) is 12.1 Å². The van der Waals surface area contributed by atoms with Crippen LogP contribution in [-0.2, 0) is 18.1 Å². The third kappa shape index (κ3) is 9.15. The minimum absolute atomic E-state index is 0.322. The Kier molecular flexibility index (Phi) is 13.6. The molecule has 0 aromatic heterocycles. The molecular formula is C13H22O5Si.